The van der Waals surface area contributed by atoms with Gasteiger partial charge in [-0.05, 0) is 55.2 Å². The molecule has 1 amide bonds. The van der Waals surface area contributed by atoms with Gasteiger partial charge in [0.2, 0.25) is 0 Å². The van der Waals surface area contributed by atoms with Gasteiger partial charge in [-0.3, -0.25) is 4.79 Å². The normalized spacial score (nSPS) is 13.4. The maximum absolute atomic E-state index is 12.5. The number of rotatable bonds is 6. The number of carboxylic acids is 1. The number of nitrogens with one attached hydrogen (secondary N) is 1. The zero-order valence-electron chi connectivity index (χ0n) is 15.3. The number of alkyl carbamates (subject to hydrolysis) is 1. The van der Waals surface area contributed by atoms with Crippen molar-refractivity contribution in [3.8, 4) is 11.1 Å². The molecule has 0 saturated heterocycles. The third-order valence-electron chi connectivity index (χ3n) is 5.00. The fraction of sp³-hybridized carbons (Fsp3) is 0.182. The van der Waals surface area contributed by atoms with E-state index in [2.05, 4.69) is 45.5 Å². The molecule has 1 aromatic heterocycles. The second-order valence-corrected chi connectivity index (χ2v) is 9.09. The van der Waals surface area contributed by atoms with Gasteiger partial charge in [0.05, 0.1) is 16.2 Å². The third-order valence-corrected chi connectivity index (χ3v) is 6.53. The fourth-order valence-electron chi connectivity index (χ4n) is 3.72. The quantitative estimate of drug-likeness (QED) is 0.492. The molecule has 1 atom stereocenters. The van der Waals surface area contributed by atoms with E-state index >= 15 is 0 Å². The van der Waals surface area contributed by atoms with Gasteiger partial charge in [-0.2, -0.15) is 0 Å². The molecule has 0 aliphatic heterocycles. The fourth-order valence-corrected chi connectivity index (χ4v) is 4.95. The molecule has 4 rings (SSSR count). The van der Waals surface area contributed by atoms with Gasteiger partial charge in [0, 0.05) is 5.92 Å². The highest BCUT2D eigenvalue weighted by Crippen LogP contribution is 2.44. The predicted octanol–water partition coefficient (Wildman–Crippen LogP) is 5.57. The van der Waals surface area contributed by atoms with Crippen LogP contribution in [-0.2, 0) is 9.53 Å². The Balaban J connectivity index is 1.47. The van der Waals surface area contributed by atoms with Crippen LogP contribution in [0.4, 0.5) is 4.79 Å². The Kier molecular flexibility index (Phi) is 5.69. The largest absolute Gasteiger partial charge is 0.481 e. The minimum Gasteiger partial charge on any atom is -0.481 e. The Bertz CT molecular complexity index is 1020. The SMILES string of the molecule is O=C(O)C[C@H](NC(=O)OCC1c2ccccc2-c2ccccc21)c1csc(Br)c1. The van der Waals surface area contributed by atoms with Crippen LogP contribution >= 0.6 is 27.3 Å². The molecule has 3 aromatic rings. The van der Waals surface area contributed by atoms with Crippen LogP contribution in [0.15, 0.2) is 63.8 Å². The topological polar surface area (TPSA) is 75.6 Å². The molecule has 1 aliphatic carbocycles. The number of aliphatic carboxylic acids is 1. The van der Waals surface area contributed by atoms with Crippen molar-refractivity contribution in [2.75, 3.05) is 6.61 Å². The average molecular weight is 472 g/mol. The molecule has 1 aliphatic rings. The van der Waals surface area contributed by atoms with E-state index in [1.807, 2.05) is 35.7 Å². The molecule has 2 aromatic carbocycles. The number of carbonyl (C=O) groups is 2. The molecule has 0 radical (unpaired) electrons. The number of carboxylic acid groups (broad SMARTS) is 1. The van der Waals surface area contributed by atoms with Gasteiger partial charge in [-0.25, -0.2) is 4.79 Å². The van der Waals surface area contributed by atoms with Crippen molar-refractivity contribution < 1.29 is 19.4 Å². The summed E-state index contributed by atoms with van der Waals surface area (Å²) in [6.45, 7) is 0.187. The highest BCUT2D eigenvalue weighted by atomic mass is 79.9. The highest BCUT2D eigenvalue weighted by Gasteiger charge is 2.29. The molecule has 0 unspecified atom stereocenters. The smallest absolute Gasteiger partial charge is 0.407 e. The van der Waals surface area contributed by atoms with Gasteiger partial charge in [-0.15, -0.1) is 11.3 Å². The van der Waals surface area contributed by atoms with Gasteiger partial charge in [0.25, 0.3) is 0 Å². The van der Waals surface area contributed by atoms with Crippen LogP contribution in [0.3, 0.4) is 0 Å². The summed E-state index contributed by atoms with van der Waals surface area (Å²) in [4.78, 5) is 23.7. The number of amides is 1. The van der Waals surface area contributed by atoms with E-state index in [-0.39, 0.29) is 18.9 Å². The molecular weight excluding hydrogens is 454 g/mol. The van der Waals surface area contributed by atoms with Crippen molar-refractivity contribution in [1.29, 1.82) is 0 Å². The molecule has 7 heteroatoms. The summed E-state index contributed by atoms with van der Waals surface area (Å²) in [7, 11) is 0. The zero-order valence-corrected chi connectivity index (χ0v) is 17.7. The molecule has 0 saturated carbocycles. The zero-order chi connectivity index (χ0) is 20.4. The number of thiophene rings is 1. The monoisotopic (exact) mass is 471 g/mol. The lowest BCUT2D eigenvalue weighted by molar-refractivity contribution is -0.137. The van der Waals surface area contributed by atoms with E-state index in [4.69, 9.17) is 4.74 Å². The lowest BCUT2D eigenvalue weighted by atomic mass is 9.98. The van der Waals surface area contributed by atoms with Crippen molar-refractivity contribution in [3.63, 3.8) is 0 Å². The third kappa shape index (κ3) is 4.21. The molecule has 1 heterocycles. The van der Waals surface area contributed by atoms with Crippen molar-refractivity contribution in [2.45, 2.75) is 18.4 Å². The van der Waals surface area contributed by atoms with E-state index in [9.17, 15) is 14.7 Å². The van der Waals surface area contributed by atoms with Crippen molar-refractivity contribution >= 4 is 39.3 Å². The first-order valence-corrected chi connectivity index (χ1v) is 10.8. The summed E-state index contributed by atoms with van der Waals surface area (Å²) in [6, 6.07) is 17.4. The first-order chi connectivity index (χ1) is 14.0. The first kappa shape index (κ1) is 19.7. The van der Waals surface area contributed by atoms with E-state index < -0.39 is 18.1 Å². The number of hydrogen-bond donors (Lipinski definition) is 2. The molecule has 0 fully saturated rings. The molecule has 29 heavy (non-hydrogen) atoms. The standard InChI is InChI=1S/C22H18BrNO4S/c23-20-9-13(12-29-20)19(10-21(25)26)24-22(27)28-11-18-16-7-3-1-5-14(16)15-6-2-4-8-17(15)18/h1-9,12,18-19H,10-11H2,(H,24,27)(H,25,26)/t19-/m0/s1. The Morgan fingerprint density at radius 1 is 1.10 bits per heavy atom. The van der Waals surface area contributed by atoms with Crippen LogP contribution in [-0.4, -0.2) is 23.8 Å². The summed E-state index contributed by atoms with van der Waals surface area (Å²) >= 11 is 4.80. The Morgan fingerprint density at radius 2 is 1.72 bits per heavy atom. The van der Waals surface area contributed by atoms with Crippen LogP contribution in [0.1, 0.15) is 35.1 Å². The minimum atomic E-state index is -0.990. The van der Waals surface area contributed by atoms with Gasteiger partial charge in [0.15, 0.2) is 0 Å². The number of ether oxygens (including phenoxy) is 1. The second kappa shape index (κ2) is 8.39. The molecule has 0 spiro atoms. The average Bonchev–Trinajstić information content (AvgIpc) is 3.27. The lowest BCUT2D eigenvalue weighted by Gasteiger charge is -2.18. The predicted molar refractivity (Wildman–Crippen MR) is 115 cm³/mol. The van der Waals surface area contributed by atoms with Gasteiger partial charge in [0.1, 0.15) is 6.61 Å². The maximum atomic E-state index is 12.5. The van der Waals surface area contributed by atoms with E-state index in [0.29, 0.717) is 0 Å². The first-order valence-electron chi connectivity index (χ1n) is 9.10. The number of hydrogen-bond acceptors (Lipinski definition) is 4. The molecule has 148 valence electrons. The van der Waals surface area contributed by atoms with E-state index in [1.165, 1.54) is 11.3 Å². The number of halogens is 1. The van der Waals surface area contributed by atoms with Gasteiger partial charge < -0.3 is 15.2 Å². The van der Waals surface area contributed by atoms with Gasteiger partial charge in [-0.1, -0.05) is 48.5 Å². The Labute approximate surface area is 180 Å². The lowest BCUT2D eigenvalue weighted by Crippen LogP contribution is -2.31. The minimum absolute atomic E-state index is 0.0404. The van der Waals surface area contributed by atoms with Crippen LogP contribution < -0.4 is 5.32 Å². The van der Waals surface area contributed by atoms with Crippen LogP contribution in [0.2, 0.25) is 0 Å². The van der Waals surface area contributed by atoms with Crippen LogP contribution in [0.5, 0.6) is 0 Å². The van der Waals surface area contributed by atoms with Crippen molar-refractivity contribution in [3.05, 3.63) is 80.5 Å². The maximum Gasteiger partial charge on any atom is 0.407 e. The van der Waals surface area contributed by atoms with Crippen LogP contribution in [0.25, 0.3) is 11.1 Å². The second-order valence-electron chi connectivity index (χ2n) is 6.80. The molecule has 0 bridgehead atoms. The number of fused-ring (bicyclic) bond motifs is 3. The van der Waals surface area contributed by atoms with E-state index in [0.717, 1.165) is 31.6 Å². The van der Waals surface area contributed by atoms with Gasteiger partial charge >= 0.3 is 12.1 Å². The number of carbonyl (C=O) groups excluding carboxylic acids is 1. The Morgan fingerprint density at radius 3 is 2.28 bits per heavy atom. The summed E-state index contributed by atoms with van der Waals surface area (Å²) in [5, 5.41) is 13.7. The molecule has 5 nitrogen and oxygen atoms in total. The summed E-state index contributed by atoms with van der Waals surface area (Å²) in [5.41, 5.74) is 5.31. The highest BCUT2D eigenvalue weighted by molar-refractivity contribution is 9.11. The van der Waals surface area contributed by atoms with Crippen molar-refractivity contribution in [1.82, 2.24) is 5.32 Å². The summed E-state index contributed by atoms with van der Waals surface area (Å²) in [6.07, 6.45) is -0.840. The summed E-state index contributed by atoms with van der Waals surface area (Å²) in [5.74, 6) is -1.03. The Hall–Kier alpha value is -2.64. The number of benzene rings is 2. The molecular formula is C22H18BrNO4S. The molecule has 2 N–H and O–H groups in total. The van der Waals surface area contributed by atoms with Crippen molar-refractivity contribution in [2.24, 2.45) is 0 Å². The van der Waals surface area contributed by atoms with E-state index in [1.54, 1.807) is 0 Å². The van der Waals surface area contributed by atoms with Crippen LogP contribution in [0, 0.1) is 0 Å². The summed E-state index contributed by atoms with van der Waals surface area (Å²) < 4.78 is 6.40.